The van der Waals surface area contributed by atoms with Crippen molar-refractivity contribution < 1.29 is 14.3 Å². The van der Waals surface area contributed by atoms with Crippen LogP contribution in [0.2, 0.25) is 0 Å². The predicted molar refractivity (Wildman–Crippen MR) is 95.6 cm³/mol. The summed E-state index contributed by atoms with van der Waals surface area (Å²) in [6.07, 6.45) is 2.21. The largest absolute Gasteiger partial charge is 0.384 e. The number of hydrogen-bond acceptors (Lipinski definition) is 6. The summed E-state index contributed by atoms with van der Waals surface area (Å²) >= 11 is 1.44. The number of rotatable bonds is 5. The zero-order valence-corrected chi connectivity index (χ0v) is 15.9. The topological polar surface area (TPSA) is 75.6 Å². The number of piperidine rings is 1. The van der Waals surface area contributed by atoms with Gasteiger partial charge in [0.15, 0.2) is 0 Å². The second-order valence-electron chi connectivity index (χ2n) is 7.21. The van der Waals surface area contributed by atoms with Crippen LogP contribution in [0.15, 0.2) is 0 Å². The van der Waals surface area contributed by atoms with Crippen molar-refractivity contribution in [3.05, 3.63) is 5.01 Å². The van der Waals surface area contributed by atoms with Gasteiger partial charge in [0.2, 0.25) is 16.9 Å². The molecule has 0 aromatic carbocycles. The Morgan fingerprint density at radius 2 is 2.04 bits per heavy atom. The normalized spacial score (nSPS) is 22.2. The third-order valence-corrected chi connectivity index (χ3v) is 6.20. The minimum atomic E-state index is -0.266. The Morgan fingerprint density at radius 1 is 1.32 bits per heavy atom. The number of methoxy groups -OCH3 is 1. The molecule has 1 aromatic heterocycles. The molecule has 2 aliphatic heterocycles. The second-order valence-corrected chi connectivity index (χ2v) is 8.19. The summed E-state index contributed by atoms with van der Waals surface area (Å²) in [6.45, 7) is 6.79. The number of ether oxygens (including phenoxy) is 1. The number of hydrogen-bond donors (Lipinski definition) is 0. The Hall–Kier alpha value is -1.54. The first kappa shape index (κ1) is 18.3. The van der Waals surface area contributed by atoms with E-state index in [4.69, 9.17) is 4.74 Å². The molecule has 138 valence electrons. The van der Waals surface area contributed by atoms with Crippen molar-refractivity contribution in [2.24, 2.45) is 11.8 Å². The van der Waals surface area contributed by atoms with Gasteiger partial charge in [-0.1, -0.05) is 25.2 Å². The molecule has 25 heavy (non-hydrogen) atoms. The lowest BCUT2D eigenvalue weighted by Gasteiger charge is -2.33. The SMILES string of the molecule is COCC1CCN(C(=O)C2CC(=O)N(c3nnc(C(C)C)s3)C2)CC1. The second kappa shape index (κ2) is 7.78. The molecule has 0 saturated carbocycles. The molecule has 0 bridgehead atoms. The van der Waals surface area contributed by atoms with E-state index in [2.05, 4.69) is 24.0 Å². The van der Waals surface area contributed by atoms with E-state index in [-0.39, 0.29) is 30.1 Å². The van der Waals surface area contributed by atoms with Crippen LogP contribution in [0.3, 0.4) is 0 Å². The van der Waals surface area contributed by atoms with E-state index in [1.807, 2.05) is 4.90 Å². The van der Waals surface area contributed by atoms with Crippen LogP contribution in [0.1, 0.15) is 44.0 Å². The molecule has 1 aromatic rings. The molecular formula is C17H26N4O3S. The van der Waals surface area contributed by atoms with Gasteiger partial charge < -0.3 is 9.64 Å². The van der Waals surface area contributed by atoms with Crippen molar-refractivity contribution in [3.63, 3.8) is 0 Å². The van der Waals surface area contributed by atoms with Crippen LogP contribution >= 0.6 is 11.3 Å². The summed E-state index contributed by atoms with van der Waals surface area (Å²) in [5, 5.41) is 9.82. The Labute approximate surface area is 152 Å². The molecule has 0 aliphatic carbocycles. The predicted octanol–water partition coefficient (Wildman–Crippen LogP) is 1.90. The van der Waals surface area contributed by atoms with Crippen molar-refractivity contribution in [1.29, 1.82) is 0 Å². The van der Waals surface area contributed by atoms with Gasteiger partial charge in [0.05, 0.1) is 5.92 Å². The molecule has 2 aliphatic rings. The fourth-order valence-corrected chi connectivity index (χ4v) is 4.31. The average molecular weight is 366 g/mol. The first-order valence-electron chi connectivity index (χ1n) is 8.91. The molecule has 2 saturated heterocycles. The molecule has 0 N–H and O–H groups in total. The zero-order valence-electron chi connectivity index (χ0n) is 15.1. The Balaban J connectivity index is 1.59. The van der Waals surface area contributed by atoms with Gasteiger partial charge in [-0.15, -0.1) is 10.2 Å². The summed E-state index contributed by atoms with van der Waals surface area (Å²) in [6, 6.07) is 0. The van der Waals surface area contributed by atoms with Gasteiger partial charge in [-0.05, 0) is 18.8 Å². The minimum absolute atomic E-state index is 0.0286. The van der Waals surface area contributed by atoms with Gasteiger partial charge in [-0.3, -0.25) is 14.5 Å². The summed E-state index contributed by atoms with van der Waals surface area (Å²) in [4.78, 5) is 28.7. The van der Waals surface area contributed by atoms with Crippen LogP contribution in [-0.2, 0) is 14.3 Å². The summed E-state index contributed by atoms with van der Waals surface area (Å²) < 4.78 is 5.21. The Bertz CT molecular complexity index is 625. The van der Waals surface area contributed by atoms with Crippen LogP contribution in [0.4, 0.5) is 5.13 Å². The monoisotopic (exact) mass is 366 g/mol. The zero-order chi connectivity index (χ0) is 18.0. The van der Waals surface area contributed by atoms with Crippen LogP contribution in [-0.4, -0.2) is 60.3 Å². The van der Waals surface area contributed by atoms with Crippen LogP contribution in [0.25, 0.3) is 0 Å². The van der Waals surface area contributed by atoms with Crippen molar-refractivity contribution in [1.82, 2.24) is 15.1 Å². The van der Waals surface area contributed by atoms with E-state index in [1.165, 1.54) is 11.3 Å². The number of anilines is 1. The highest BCUT2D eigenvalue weighted by Crippen LogP contribution is 2.31. The molecule has 0 radical (unpaired) electrons. The lowest BCUT2D eigenvalue weighted by Crippen LogP contribution is -2.43. The molecule has 8 heteroatoms. The summed E-state index contributed by atoms with van der Waals surface area (Å²) in [5.74, 6) is 0.624. The number of aromatic nitrogens is 2. The molecular weight excluding hydrogens is 340 g/mol. The van der Waals surface area contributed by atoms with E-state index in [1.54, 1.807) is 12.0 Å². The van der Waals surface area contributed by atoms with Gasteiger partial charge in [0.1, 0.15) is 5.01 Å². The third kappa shape index (κ3) is 4.00. The van der Waals surface area contributed by atoms with Gasteiger partial charge >= 0.3 is 0 Å². The van der Waals surface area contributed by atoms with E-state index < -0.39 is 0 Å². The summed E-state index contributed by atoms with van der Waals surface area (Å²) in [7, 11) is 1.72. The van der Waals surface area contributed by atoms with E-state index in [0.29, 0.717) is 17.6 Å². The van der Waals surface area contributed by atoms with Crippen molar-refractivity contribution in [2.75, 3.05) is 38.3 Å². The first-order valence-corrected chi connectivity index (χ1v) is 9.72. The molecule has 0 spiro atoms. The highest BCUT2D eigenvalue weighted by atomic mass is 32.1. The van der Waals surface area contributed by atoms with Crippen molar-refractivity contribution >= 4 is 28.3 Å². The van der Waals surface area contributed by atoms with Gasteiger partial charge in [0.25, 0.3) is 0 Å². The lowest BCUT2D eigenvalue weighted by molar-refractivity contribution is -0.137. The molecule has 7 nitrogen and oxygen atoms in total. The average Bonchev–Trinajstić information content (AvgIpc) is 3.22. The molecule has 1 unspecified atom stereocenters. The highest BCUT2D eigenvalue weighted by molar-refractivity contribution is 7.15. The number of carbonyl (C=O) groups excluding carboxylic acids is 2. The number of nitrogens with zero attached hydrogens (tertiary/aromatic N) is 4. The van der Waals surface area contributed by atoms with Gasteiger partial charge in [-0.2, -0.15) is 0 Å². The van der Waals surface area contributed by atoms with Gasteiger partial charge in [-0.25, -0.2) is 0 Å². The van der Waals surface area contributed by atoms with Crippen molar-refractivity contribution in [3.8, 4) is 0 Å². The fraction of sp³-hybridized carbons (Fsp3) is 0.765. The maximum Gasteiger partial charge on any atom is 0.229 e. The Morgan fingerprint density at radius 3 is 2.64 bits per heavy atom. The fourth-order valence-electron chi connectivity index (χ4n) is 3.44. The number of carbonyl (C=O) groups is 2. The molecule has 3 heterocycles. The lowest BCUT2D eigenvalue weighted by atomic mass is 9.96. The maximum absolute atomic E-state index is 12.8. The van der Waals surface area contributed by atoms with Crippen molar-refractivity contribution in [2.45, 2.75) is 39.0 Å². The Kier molecular flexibility index (Phi) is 5.68. The van der Waals surface area contributed by atoms with Crippen LogP contribution in [0, 0.1) is 11.8 Å². The molecule has 2 amide bonds. The smallest absolute Gasteiger partial charge is 0.229 e. The molecule has 1 atom stereocenters. The quantitative estimate of drug-likeness (QED) is 0.795. The van der Waals surface area contributed by atoms with Gasteiger partial charge in [0, 0.05) is 45.7 Å². The number of amides is 2. The van der Waals surface area contributed by atoms with E-state index in [0.717, 1.165) is 37.5 Å². The van der Waals surface area contributed by atoms with Crippen LogP contribution in [0.5, 0.6) is 0 Å². The van der Waals surface area contributed by atoms with E-state index >= 15 is 0 Å². The summed E-state index contributed by atoms with van der Waals surface area (Å²) in [5.41, 5.74) is 0. The highest BCUT2D eigenvalue weighted by Gasteiger charge is 2.39. The third-order valence-electron chi connectivity index (χ3n) is 4.96. The first-order chi connectivity index (χ1) is 12.0. The molecule has 2 fully saturated rings. The maximum atomic E-state index is 12.8. The minimum Gasteiger partial charge on any atom is -0.384 e. The molecule has 3 rings (SSSR count). The number of likely N-dealkylation sites (tertiary alicyclic amines) is 1. The standard InChI is InChI=1S/C17H26N4O3S/c1-11(2)15-18-19-17(25-15)21-9-13(8-14(21)22)16(23)20-6-4-12(5-7-20)10-24-3/h11-13H,4-10H2,1-3H3. The van der Waals surface area contributed by atoms with Crippen LogP contribution < -0.4 is 4.90 Å². The van der Waals surface area contributed by atoms with E-state index in [9.17, 15) is 9.59 Å².